The Morgan fingerprint density at radius 3 is 2.90 bits per heavy atom. The lowest BCUT2D eigenvalue weighted by atomic mass is 10.3. The molecule has 0 aliphatic heterocycles. The second kappa shape index (κ2) is 1.66. The molecule has 1 aromatic rings. The van der Waals surface area contributed by atoms with Crippen LogP contribution in [0.1, 0.15) is 11.1 Å². The predicted molar refractivity (Wildman–Crippen MR) is 37.5 cm³/mol. The van der Waals surface area contributed by atoms with Crippen LogP contribution in [-0.4, -0.2) is 12.2 Å². The molecule has 0 fully saturated rings. The Morgan fingerprint density at radius 1 is 1.50 bits per heavy atom. The molecular weight excluding hydrogens is 128 g/mol. The van der Waals surface area contributed by atoms with Gasteiger partial charge in [0.05, 0.1) is 7.11 Å². The minimum Gasteiger partial charge on any atom is -0.504 e. The Balaban J connectivity index is 2.57. The second-order valence-corrected chi connectivity index (χ2v) is 2.43. The zero-order valence-corrected chi connectivity index (χ0v) is 5.72. The van der Waals surface area contributed by atoms with Crippen LogP contribution in [0.3, 0.4) is 0 Å². The van der Waals surface area contributed by atoms with Crippen molar-refractivity contribution in [3.05, 3.63) is 23.3 Å². The molecule has 2 nitrogen and oxygen atoms in total. The molecule has 10 heavy (non-hydrogen) atoms. The number of hydrogen-bond donors (Lipinski definition) is 1. The van der Waals surface area contributed by atoms with E-state index < -0.39 is 0 Å². The zero-order chi connectivity index (χ0) is 7.14. The van der Waals surface area contributed by atoms with Crippen LogP contribution in [0.2, 0.25) is 0 Å². The number of phenolic OH excluding ortho intramolecular Hbond substituents is 1. The van der Waals surface area contributed by atoms with E-state index in [1.807, 2.05) is 6.07 Å². The third kappa shape index (κ3) is 0.588. The van der Waals surface area contributed by atoms with Gasteiger partial charge in [0.2, 0.25) is 0 Å². The lowest BCUT2D eigenvalue weighted by Gasteiger charge is -1.99. The predicted octanol–water partition coefficient (Wildman–Crippen LogP) is 1.30. The average Bonchev–Trinajstić information content (AvgIpc) is 2.66. The van der Waals surface area contributed by atoms with Crippen LogP contribution in [0.25, 0.3) is 0 Å². The summed E-state index contributed by atoms with van der Waals surface area (Å²) in [6.07, 6.45) is 0.976. The summed E-state index contributed by atoms with van der Waals surface area (Å²) in [6, 6.07) is 3.60. The van der Waals surface area contributed by atoms with Gasteiger partial charge in [-0.2, -0.15) is 0 Å². The van der Waals surface area contributed by atoms with Gasteiger partial charge in [-0.15, -0.1) is 0 Å². The molecule has 2 heteroatoms. The van der Waals surface area contributed by atoms with Gasteiger partial charge in [0.15, 0.2) is 11.5 Å². The smallest absolute Gasteiger partial charge is 0.164 e. The van der Waals surface area contributed by atoms with Crippen molar-refractivity contribution in [2.75, 3.05) is 7.11 Å². The molecule has 0 unspecified atom stereocenters. The van der Waals surface area contributed by atoms with Gasteiger partial charge in [-0.25, -0.2) is 0 Å². The van der Waals surface area contributed by atoms with E-state index in [-0.39, 0.29) is 5.75 Å². The molecular formula is C8H8O2. The summed E-state index contributed by atoms with van der Waals surface area (Å²) in [6.45, 7) is 0. The van der Waals surface area contributed by atoms with Crippen molar-refractivity contribution in [2.45, 2.75) is 6.42 Å². The van der Waals surface area contributed by atoms with Gasteiger partial charge in [-0.05, 0) is 11.6 Å². The number of rotatable bonds is 1. The average molecular weight is 136 g/mol. The van der Waals surface area contributed by atoms with Crippen LogP contribution in [0.15, 0.2) is 12.1 Å². The van der Waals surface area contributed by atoms with Crippen LogP contribution in [0.4, 0.5) is 0 Å². The molecule has 0 aromatic heterocycles. The van der Waals surface area contributed by atoms with Gasteiger partial charge in [-0.3, -0.25) is 0 Å². The fourth-order valence-corrected chi connectivity index (χ4v) is 1.17. The minimum absolute atomic E-state index is 0.249. The molecule has 1 aliphatic carbocycles. The standard InChI is InChI=1S/C8H8O2/c1-10-8-6-4-5(6)2-3-7(8)9/h2-3,9H,4H2,1H3. The van der Waals surface area contributed by atoms with E-state index in [9.17, 15) is 5.11 Å². The Kier molecular flexibility index (Phi) is 0.926. The monoisotopic (exact) mass is 136 g/mol. The van der Waals surface area contributed by atoms with Crippen LogP contribution in [0.5, 0.6) is 11.5 Å². The van der Waals surface area contributed by atoms with E-state index in [1.165, 1.54) is 5.56 Å². The summed E-state index contributed by atoms with van der Waals surface area (Å²) in [4.78, 5) is 0. The summed E-state index contributed by atoms with van der Waals surface area (Å²) >= 11 is 0. The molecule has 0 saturated carbocycles. The van der Waals surface area contributed by atoms with Crippen LogP contribution in [0, 0.1) is 0 Å². The van der Waals surface area contributed by atoms with Crippen LogP contribution < -0.4 is 4.74 Å². The van der Waals surface area contributed by atoms with Gasteiger partial charge in [0, 0.05) is 12.0 Å². The maximum Gasteiger partial charge on any atom is 0.164 e. The molecule has 0 bridgehead atoms. The zero-order valence-electron chi connectivity index (χ0n) is 5.72. The molecule has 1 aliphatic rings. The number of benzene rings is 1. The van der Waals surface area contributed by atoms with E-state index >= 15 is 0 Å². The number of phenols is 1. The highest BCUT2D eigenvalue weighted by Gasteiger charge is 2.23. The number of fused-ring (bicyclic) bond motifs is 1. The SMILES string of the molecule is COc1c(O)ccc2c1C2. The Bertz CT molecular complexity index is 275. The normalized spacial score (nSPS) is 12.5. The van der Waals surface area contributed by atoms with Crippen molar-refractivity contribution in [2.24, 2.45) is 0 Å². The van der Waals surface area contributed by atoms with Crippen molar-refractivity contribution in [3.63, 3.8) is 0 Å². The highest BCUT2D eigenvalue weighted by atomic mass is 16.5. The number of ether oxygens (including phenoxy) is 1. The van der Waals surface area contributed by atoms with Crippen LogP contribution >= 0.6 is 0 Å². The molecule has 0 saturated heterocycles. The largest absolute Gasteiger partial charge is 0.504 e. The summed E-state index contributed by atoms with van der Waals surface area (Å²) < 4.78 is 4.98. The third-order valence-electron chi connectivity index (χ3n) is 1.78. The Morgan fingerprint density at radius 2 is 2.30 bits per heavy atom. The highest BCUT2D eigenvalue weighted by molar-refractivity contribution is 5.60. The quantitative estimate of drug-likeness (QED) is 0.640. The van der Waals surface area contributed by atoms with E-state index in [1.54, 1.807) is 13.2 Å². The fraction of sp³-hybridized carbons (Fsp3) is 0.250. The summed E-state index contributed by atoms with van der Waals surface area (Å²) in [5.74, 6) is 0.899. The fourth-order valence-electron chi connectivity index (χ4n) is 1.17. The molecule has 0 atom stereocenters. The van der Waals surface area contributed by atoms with Crippen molar-refractivity contribution >= 4 is 0 Å². The van der Waals surface area contributed by atoms with Gasteiger partial charge in [-0.1, -0.05) is 6.07 Å². The molecule has 0 radical (unpaired) electrons. The number of hydrogen-bond acceptors (Lipinski definition) is 2. The first kappa shape index (κ1) is 5.59. The van der Waals surface area contributed by atoms with E-state index in [2.05, 4.69) is 0 Å². The van der Waals surface area contributed by atoms with Crippen LogP contribution in [-0.2, 0) is 6.42 Å². The molecule has 0 amide bonds. The summed E-state index contributed by atoms with van der Waals surface area (Å²) in [5, 5.41) is 9.20. The van der Waals surface area contributed by atoms with Crippen molar-refractivity contribution in [1.29, 1.82) is 0 Å². The van der Waals surface area contributed by atoms with Crippen molar-refractivity contribution in [1.82, 2.24) is 0 Å². The molecule has 2 rings (SSSR count). The molecule has 52 valence electrons. The van der Waals surface area contributed by atoms with E-state index in [0.29, 0.717) is 5.75 Å². The summed E-state index contributed by atoms with van der Waals surface area (Å²) in [5.41, 5.74) is 2.44. The van der Waals surface area contributed by atoms with E-state index in [0.717, 1.165) is 12.0 Å². The first-order valence-corrected chi connectivity index (χ1v) is 3.20. The van der Waals surface area contributed by atoms with Crippen molar-refractivity contribution < 1.29 is 9.84 Å². The Labute approximate surface area is 59.1 Å². The lowest BCUT2D eigenvalue weighted by molar-refractivity contribution is 0.373. The first-order valence-electron chi connectivity index (χ1n) is 3.20. The number of methoxy groups -OCH3 is 1. The molecule has 0 spiro atoms. The first-order chi connectivity index (χ1) is 4.83. The maximum absolute atomic E-state index is 9.20. The summed E-state index contributed by atoms with van der Waals surface area (Å²) in [7, 11) is 1.58. The highest BCUT2D eigenvalue weighted by Crippen LogP contribution is 2.42. The third-order valence-corrected chi connectivity index (χ3v) is 1.78. The second-order valence-electron chi connectivity index (χ2n) is 2.43. The minimum atomic E-state index is 0.249. The number of aromatic hydroxyl groups is 1. The topological polar surface area (TPSA) is 29.5 Å². The molecule has 1 aromatic carbocycles. The molecule has 0 heterocycles. The van der Waals surface area contributed by atoms with E-state index in [4.69, 9.17) is 4.74 Å². The van der Waals surface area contributed by atoms with Gasteiger partial charge in [0.25, 0.3) is 0 Å². The van der Waals surface area contributed by atoms with Crippen molar-refractivity contribution in [3.8, 4) is 11.5 Å². The maximum atomic E-state index is 9.20. The Hall–Kier alpha value is -1.18. The van der Waals surface area contributed by atoms with Gasteiger partial charge >= 0.3 is 0 Å². The lowest BCUT2D eigenvalue weighted by Crippen LogP contribution is -1.81. The molecule has 1 N–H and O–H groups in total. The van der Waals surface area contributed by atoms with Gasteiger partial charge < -0.3 is 9.84 Å². The van der Waals surface area contributed by atoms with Gasteiger partial charge in [0.1, 0.15) is 0 Å².